The Morgan fingerprint density at radius 3 is 2.96 bits per heavy atom. The summed E-state index contributed by atoms with van der Waals surface area (Å²) in [5.74, 6) is 1.39. The van der Waals surface area contributed by atoms with E-state index in [1.165, 1.54) is 4.68 Å². The van der Waals surface area contributed by atoms with Gasteiger partial charge >= 0.3 is 0 Å². The SMILES string of the molecule is Cc1nc2n(n1)[C@H](C(=O)Nc1ccc3c(c1)OCCO3)CC(=O)N2. The van der Waals surface area contributed by atoms with Crippen LogP contribution >= 0.6 is 0 Å². The van der Waals surface area contributed by atoms with Gasteiger partial charge in [-0.25, -0.2) is 4.68 Å². The van der Waals surface area contributed by atoms with Gasteiger partial charge in [0.25, 0.3) is 0 Å². The average molecular weight is 329 g/mol. The zero-order chi connectivity index (χ0) is 16.7. The summed E-state index contributed by atoms with van der Waals surface area (Å²) < 4.78 is 12.4. The van der Waals surface area contributed by atoms with Crippen molar-refractivity contribution in [2.75, 3.05) is 23.8 Å². The molecule has 1 aromatic heterocycles. The first-order valence-corrected chi connectivity index (χ1v) is 7.53. The molecule has 4 rings (SSSR count). The lowest BCUT2D eigenvalue weighted by Crippen LogP contribution is -2.36. The molecule has 124 valence electrons. The Kier molecular flexibility index (Phi) is 3.33. The van der Waals surface area contributed by atoms with Crippen LogP contribution in [0.1, 0.15) is 18.3 Å². The minimum absolute atomic E-state index is 0.00614. The van der Waals surface area contributed by atoms with Gasteiger partial charge < -0.3 is 14.8 Å². The summed E-state index contributed by atoms with van der Waals surface area (Å²) >= 11 is 0. The van der Waals surface area contributed by atoms with Crippen molar-refractivity contribution in [3.05, 3.63) is 24.0 Å². The Bertz CT molecular complexity index is 831. The predicted octanol–water partition coefficient (Wildman–Crippen LogP) is 0.880. The van der Waals surface area contributed by atoms with Crippen LogP contribution in [0.5, 0.6) is 11.5 Å². The third kappa shape index (κ3) is 2.53. The fourth-order valence-corrected chi connectivity index (χ4v) is 2.72. The van der Waals surface area contributed by atoms with Gasteiger partial charge in [-0.05, 0) is 19.1 Å². The first-order chi connectivity index (χ1) is 11.6. The minimum atomic E-state index is -0.747. The number of amides is 2. The van der Waals surface area contributed by atoms with Crippen LogP contribution in [0.3, 0.4) is 0 Å². The molecule has 2 aromatic rings. The third-order valence-electron chi connectivity index (χ3n) is 3.77. The molecule has 0 aliphatic carbocycles. The number of ether oxygens (including phenoxy) is 2. The Labute approximate surface area is 137 Å². The van der Waals surface area contributed by atoms with E-state index in [0.717, 1.165) is 0 Å². The summed E-state index contributed by atoms with van der Waals surface area (Å²) in [5.41, 5.74) is 0.564. The summed E-state index contributed by atoms with van der Waals surface area (Å²) in [5, 5.41) is 9.58. The molecule has 0 radical (unpaired) electrons. The fraction of sp³-hybridized carbons (Fsp3) is 0.333. The van der Waals surface area contributed by atoms with Gasteiger partial charge in [0.15, 0.2) is 11.5 Å². The van der Waals surface area contributed by atoms with Crippen molar-refractivity contribution < 1.29 is 19.1 Å². The molecule has 0 bridgehead atoms. The quantitative estimate of drug-likeness (QED) is 0.847. The van der Waals surface area contributed by atoms with Crippen molar-refractivity contribution in [1.82, 2.24) is 14.8 Å². The normalized spacial score (nSPS) is 18.5. The second-order valence-electron chi connectivity index (χ2n) is 5.54. The molecule has 2 N–H and O–H groups in total. The Hall–Kier alpha value is -3.10. The van der Waals surface area contributed by atoms with E-state index in [4.69, 9.17) is 9.47 Å². The summed E-state index contributed by atoms with van der Waals surface area (Å²) in [6.45, 7) is 2.67. The zero-order valence-electron chi connectivity index (χ0n) is 12.9. The molecule has 3 heterocycles. The number of aromatic nitrogens is 3. The fourth-order valence-electron chi connectivity index (χ4n) is 2.72. The molecule has 0 unspecified atom stereocenters. The van der Waals surface area contributed by atoms with E-state index >= 15 is 0 Å². The number of benzene rings is 1. The molecule has 9 nitrogen and oxygen atoms in total. The van der Waals surface area contributed by atoms with Gasteiger partial charge in [-0.1, -0.05) is 0 Å². The molecule has 0 saturated heterocycles. The van der Waals surface area contributed by atoms with Crippen molar-refractivity contribution in [2.45, 2.75) is 19.4 Å². The van der Waals surface area contributed by atoms with Crippen LogP contribution in [0.2, 0.25) is 0 Å². The van der Waals surface area contributed by atoms with Crippen molar-refractivity contribution >= 4 is 23.5 Å². The topological polar surface area (TPSA) is 107 Å². The van der Waals surface area contributed by atoms with Crippen LogP contribution in [0.4, 0.5) is 11.6 Å². The van der Waals surface area contributed by atoms with Crippen molar-refractivity contribution in [3.8, 4) is 11.5 Å². The van der Waals surface area contributed by atoms with Crippen molar-refractivity contribution in [2.24, 2.45) is 0 Å². The smallest absolute Gasteiger partial charge is 0.249 e. The molecule has 2 aliphatic rings. The van der Waals surface area contributed by atoms with E-state index < -0.39 is 6.04 Å². The van der Waals surface area contributed by atoms with E-state index in [2.05, 4.69) is 20.7 Å². The van der Waals surface area contributed by atoms with E-state index in [9.17, 15) is 9.59 Å². The van der Waals surface area contributed by atoms with Gasteiger partial charge in [0.1, 0.15) is 25.1 Å². The lowest BCUT2D eigenvalue weighted by molar-refractivity contribution is -0.125. The molecular weight excluding hydrogens is 314 g/mol. The van der Waals surface area contributed by atoms with Gasteiger partial charge in [-0.2, -0.15) is 10.1 Å². The first kappa shape index (κ1) is 14.5. The Morgan fingerprint density at radius 2 is 2.12 bits per heavy atom. The Balaban J connectivity index is 1.57. The number of aryl methyl sites for hydroxylation is 1. The summed E-state index contributed by atoms with van der Waals surface area (Å²) in [6, 6.07) is 4.41. The minimum Gasteiger partial charge on any atom is -0.486 e. The molecule has 0 fully saturated rings. The average Bonchev–Trinajstić information content (AvgIpc) is 2.93. The molecule has 9 heteroatoms. The van der Waals surface area contributed by atoms with Gasteiger partial charge in [0.2, 0.25) is 17.8 Å². The molecule has 24 heavy (non-hydrogen) atoms. The van der Waals surface area contributed by atoms with Gasteiger partial charge in [-0.3, -0.25) is 14.9 Å². The summed E-state index contributed by atoms with van der Waals surface area (Å²) in [7, 11) is 0. The largest absolute Gasteiger partial charge is 0.486 e. The lowest BCUT2D eigenvalue weighted by Gasteiger charge is -2.23. The molecular formula is C15H15N5O4. The van der Waals surface area contributed by atoms with Crippen LogP contribution in [0.25, 0.3) is 0 Å². The predicted molar refractivity (Wildman–Crippen MR) is 83.1 cm³/mol. The highest BCUT2D eigenvalue weighted by atomic mass is 16.6. The number of carbonyl (C=O) groups excluding carboxylic acids is 2. The molecule has 2 aliphatic heterocycles. The number of hydrogen-bond acceptors (Lipinski definition) is 6. The maximum absolute atomic E-state index is 12.6. The molecule has 2 amide bonds. The van der Waals surface area contributed by atoms with E-state index in [1.807, 2.05) is 0 Å². The highest BCUT2D eigenvalue weighted by Gasteiger charge is 2.32. The second-order valence-corrected chi connectivity index (χ2v) is 5.54. The maximum atomic E-state index is 12.6. The van der Waals surface area contributed by atoms with E-state index in [0.29, 0.717) is 36.2 Å². The van der Waals surface area contributed by atoms with Crippen LogP contribution in [-0.4, -0.2) is 39.8 Å². The highest BCUT2D eigenvalue weighted by molar-refractivity contribution is 6.00. The summed E-state index contributed by atoms with van der Waals surface area (Å²) in [6.07, 6.45) is 0.00614. The molecule has 0 spiro atoms. The van der Waals surface area contributed by atoms with Crippen molar-refractivity contribution in [3.63, 3.8) is 0 Å². The van der Waals surface area contributed by atoms with Crippen LogP contribution in [-0.2, 0) is 9.59 Å². The van der Waals surface area contributed by atoms with Gasteiger partial charge in [-0.15, -0.1) is 0 Å². The first-order valence-electron chi connectivity index (χ1n) is 7.53. The molecule has 1 atom stereocenters. The van der Waals surface area contributed by atoms with Crippen LogP contribution in [0.15, 0.2) is 18.2 Å². The van der Waals surface area contributed by atoms with Gasteiger partial charge in [0, 0.05) is 11.8 Å². The molecule has 1 aromatic carbocycles. The number of rotatable bonds is 2. The van der Waals surface area contributed by atoms with Crippen LogP contribution < -0.4 is 20.1 Å². The highest BCUT2D eigenvalue weighted by Crippen LogP contribution is 2.33. The van der Waals surface area contributed by atoms with Crippen molar-refractivity contribution in [1.29, 1.82) is 0 Å². The monoisotopic (exact) mass is 329 g/mol. The molecule has 0 saturated carbocycles. The lowest BCUT2D eigenvalue weighted by atomic mass is 10.1. The number of carbonyl (C=O) groups is 2. The standard InChI is InChI=1S/C15H15N5O4/c1-8-16-15-18-13(21)7-10(20(15)19-8)14(22)17-9-2-3-11-12(6-9)24-5-4-23-11/h2-3,6,10H,4-5,7H2,1H3,(H,17,22)(H,16,18,19,21)/t10-/m0/s1. The maximum Gasteiger partial charge on any atom is 0.249 e. The number of nitrogens with one attached hydrogen (secondary N) is 2. The number of nitrogens with zero attached hydrogens (tertiary/aromatic N) is 3. The van der Waals surface area contributed by atoms with Crippen LogP contribution in [0, 0.1) is 6.92 Å². The Morgan fingerprint density at radius 1 is 1.33 bits per heavy atom. The van der Waals surface area contributed by atoms with E-state index in [1.54, 1.807) is 25.1 Å². The number of anilines is 2. The third-order valence-corrected chi connectivity index (χ3v) is 3.77. The van der Waals surface area contributed by atoms with Gasteiger partial charge in [0.05, 0.1) is 6.42 Å². The zero-order valence-corrected chi connectivity index (χ0v) is 12.9. The van der Waals surface area contributed by atoms with E-state index in [-0.39, 0.29) is 24.2 Å². The number of fused-ring (bicyclic) bond motifs is 2. The summed E-state index contributed by atoms with van der Waals surface area (Å²) in [4.78, 5) is 28.5. The second kappa shape index (κ2) is 5.52. The number of hydrogen-bond donors (Lipinski definition) is 2.